The van der Waals surface area contributed by atoms with Crippen molar-refractivity contribution in [3.63, 3.8) is 0 Å². The lowest BCUT2D eigenvalue weighted by atomic mass is 9.87. The van der Waals surface area contributed by atoms with Crippen molar-refractivity contribution in [3.05, 3.63) is 88.5 Å². The van der Waals surface area contributed by atoms with Crippen LogP contribution < -0.4 is 10.6 Å². The normalized spacial score (nSPS) is 12.3. The van der Waals surface area contributed by atoms with E-state index >= 15 is 0 Å². The first-order chi connectivity index (χ1) is 14.6. The summed E-state index contributed by atoms with van der Waals surface area (Å²) in [6.45, 7) is 6.20. The highest BCUT2D eigenvalue weighted by molar-refractivity contribution is 6.30. The maximum atomic E-state index is 12.6. The zero-order chi connectivity index (χ0) is 22.6. The van der Waals surface area contributed by atoms with E-state index in [1.165, 1.54) is 0 Å². The van der Waals surface area contributed by atoms with Crippen molar-refractivity contribution >= 4 is 23.4 Å². The van der Waals surface area contributed by atoms with Gasteiger partial charge in [-0.05, 0) is 40.8 Å². The molecule has 1 atom stereocenters. The van der Waals surface area contributed by atoms with E-state index in [0.717, 1.165) is 11.1 Å². The highest BCUT2D eigenvalue weighted by Gasteiger charge is 2.21. The minimum absolute atomic E-state index is 0.0105. The molecule has 0 aliphatic rings. The first-order valence-corrected chi connectivity index (χ1v) is 10.4. The number of carbonyl (C=O) groups is 2. The number of nitrogens with one attached hydrogen (secondary N) is 2. The van der Waals surface area contributed by atoms with E-state index in [2.05, 4.69) is 36.4 Å². The number of rotatable bonds is 6. The molecule has 0 unspecified atom stereocenters. The monoisotopic (exact) mass is 438 g/mol. The fraction of sp³-hybridized carbons (Fsp3) is 0.292. The third-order valence-electron chi connectivity index (χ3n) is 5.05. The van der Waals surface area contributed by atoms with Gasteiger partial charge in [0.25, 0.3) is 5.91 Å². The second kappa shape index (κ2) is 9.35. The van der Waals surface area contributed by atoms with Crippen LogP contribution in [-0.4, -0.2) is 27.9 Å². The van der Waals surface area contributed by atoms with Gasteiger partial charge in [-0.15, -0.1) is 0 Å². The van der Waals surface area contributed by atoms with Crippen LogP contribution in [0.3, 0.4) is 0 Å². The number of imidazole rings is 1. The van der Waals surface area contributed by atoms with Gasteiger partial charge in [-0.25, -0.2) is 4.98 Å². The van der Waals surface area contributed by atoms with E-state index in [1.54, 1.807) is 30.5 Å². The molecule has 2 amide bonds. The fourth-order valence-electron chi connectivity index (χ4n) is 3.20. The summed E-state index contributed by atoms with van der Waals surface area (Å²) >= 11 is 6.00. The quantitative estimate of drug-likeness (QED) is 0.610. The molecular weight excluding hydrogens is 412 g/mol. The Kier molecular flexibility index (Phi) is 6.81. The zero-order valence-electron chi connectivity index (χ0n) is 18.1. The van der Waals surface area contributed by atoms with Crippen molar-refractivity contribution in [1.82, 2.24) is 20.2 Å². The Morgan fingerprint density at radius 1 is 1.06 bits per heavy atom. The lowest BCUT2D eigenvalue weighted by Crippen LogP contribution is -2.39. The molecule has 0 spiro atoms. The Balaban J connectivity index is 1.66. The Morgan fingerprint density at radius 3 is 2.26 bits per heavy atom. The highest BCUT2D eigenvalue weighted by atomic mass is 35.5. The maximum Gasteiger partial charge on any atom is 0.251 e. The van der Waals surface area contributed by atoms with Crippen molar-refractivity contribution in [1.29, 1.82) is 0 Å². The van der Waals surface area contributed by atoms with Crippen LogP contribution in [0.4, 0.5) is 0 Å². The largest absolute Gasteiger partial charge is 0.343 e. The second-order valence-electron chi connectivity index (χ2n) is 8.46. The lowest BCUT2D eigenvalue weighted by molar-refractivity contribution is -0.120. The third kappa shape index (κ3) is 5.73. The Morgan fingerprint density at radius 2 is 1.71 bits per heavy atom. The van der Waals surface area contributed by atoms with E-state index in [1.807, 2.05) is 42.1 Å². The number of hydrogen-bond donors (Lipinski definition) is 2. The Labute approximate surface area is 187 Å². The molecule has 3 aromatic rings. The first-order valence-electron chi connectivity index (χ1n) is 10.1. The number of benzene rings is 2. The van der Waals surface area contributed by atoms with E-state index < -0.39 is 6.04 Å². The molecule has 0 saturated carbocycles. The van der Waals surface area contributed by atoms with Gasteiger partial charge in [-0.2, -0.15) is 0 Å². The molecule has 1 aromatic heterocycles. The smallest absolute Gasteiger partial charge is 0.251 e. The summed E-state index contributed by atoms with van der Waals surface area (Å²) in [5, 5.41) is 6.24. The summed E-state index contributed by atoms with van der Waals surface area (Å²) in [7, 11) is 1.86. The van der Waals surface area contributed by atoms with E-state index in [4.69, 9.17) is 11.6 Å². The van der Waals surface area contributed by atoms with E-state index in [9.17, 15) is 9.59 Å². The van der Waals surface area contributed by atoms with Crippen LogP contribution in [0.15, 0.2) is 60.9 Å². The summed E-state index contributed by atoms with van der Waals surface area (Å²) in [6.07, 6.45) is 3.49. The number of halogens is 1. The standard InChI is InChI=1S/C24H27ClN4O2/c1-24(2,3)18-9-5-17(6-10-18)23(31)27-15-20(30)28-21(22-26-13-14-29(22)4)16-7-11-19(25)12-8-16/h5-14,21H,15H2,1-4H3,(H,27,31)(H,28,30)/t21-/m1/s1. The predicted molar refractivity (Wildman–Crippen MR) is 122 cm³/mol. The summed E-state index contributed by atoms with van der Waals surface area (Å²) in [5.41, 5.74) is 2.51. The number of aryl methyl sites for hydroxylation is 1. The number of carbonyl (C=O) groups excluding carboxylic acids is 2. The molecule has 0 saturated heterocycles. The summed E-state index contributed by atoms with van der Waals surface area (Å²) in [5.74, 6) is 0.0676. The molecule has 1 heterocycles. The summed E-state index contributed by atoms with van der Waals surface area (Å²) in [4.78, 5) is 29.5. The van der Waals surface area contributed by atoms with Gasteiger partial charge in [0.2, 0.25) is 5.91 Å². The molecule has 7 heteroatoms. The molecule has 6 nitrogen and oxygen atoms in total. The van der Waals surface area contributed by atoms with Gasteiger partial charge in [0.05, 0.1) is 6.54 Å². The van der Waals surface area contributed by atoms with Crippen LogP contribution in [0.2, 0.25) is 5.02 Å². The summed E-state index contributed by atoms with van der Waals surface area (Å²) in [6, 6.07) is 14.2. The average Bonchev–Trinajstić information content (AvgIpc) is 3.16. The topological polar surface area (TPSA) is 76.0 Å². The SMILES string of the molecule is Cn1ccnc1[C@H](NC(=O)CNC(=O)c1ccc(C(C)(C)C)cc1)c1ccc(Cl)cc1. The van der Waals surface area contributed by atoms with Crippen LogP contribution >= 0.6 is 11.6 Å². The van der Waals surface area contributed by atoms with Gasteiger partial charge in [-0.1, -0.05) is 56.6 Å². The Bertz CT molecular complexity index is 1050. The molecule has 0 bridgehead atoms. The molecule has 162 valence electrons. The minimum Gasteiger partial charge on any atom is -0.343 e. The Hall–Kier alpha value is -3.12. The summed E-state index contributed by atoms with van der Waals surface area (Å²) < 4.78 is 1.84. The molecular formula is C24H27ClN4O2. The van der Waals surface area contributed by atoms with Gasteiger partial charge in [0.15, 0.2) is 0 Å². The molecule has 31 heavy (non-hydrogen) atoms. The van der Waals surface area contributed by atoms with Gasteiger partial charge < -0.3 is 15.2 Å². The number of hydrogen-bond acceptors (Lipinski definition) is 3. The molecule has 0 aliphatic heterocycles. The van der Waals surface area contributed by atoms with Crippen molar-refractivity contribution in [2.24, 2.45) is 7.05 Å². The fourth-order valence-corrected chi connectivity index (χ4v) is 3.33. The maximum absolute atomic E-state index is 12.6. The third-order valence-corrected chi connectivity index (χ3v) is 5.30. The molecule has 0 fully saturated rings. The lowest BCUT2D eigenvalue weighted by Gasteiger charge is -2.20. The molecule has 0 radical (unpaired) electrons. The second-order valence-corrected chi connectivity index (χ2v) is 8.89. The zero-order valence-corrected chi connectivity index (χ0v) is 18.9. The molecule has 2 aromatic carbocycles. The van der Waals surface area contributed by atoms with Crippen LogP contribution in [0.5, 0.6) is 0 Å². The van der Waals surface area contributed by atoms with Crippen LogP contribution in [-0.2, 0) is 17.3 Å². The van der Waals surface area contributed by atoms with Crippen molar-refractivity contribution in [2.45, 2.75) is 32.2 Å². The van der Waals surface area contributed by atoms with Gasteiger partial charge >= 0.3 is 0 Å². The first kappa shape index (κ1) is 22.6. The van der Waals surface area contributed by atoms with Crippen molar-refractivity contribution < 1.29 is 9.59 Å². The van der Waals surface area contributed by atoms with E-state index in [0.29, 0.717) is 16.4 Å². The highest BCUT2D eigenvalue weighted by Crippen LogP contribution is 2.23. The molecule has 2 N–H and O–H groups in total. The minimum atomic E-state index is -0.465. The van der Waals surface area contributed by atoms with Crippen LogP contribution in [0.25, 0.3) is 0 Å². The number of nitrogens with zero attached hydrogens (tertiary/aromatic N) is 2. The number of amides is 2. The van der Waals surface area contributed by atoms with Crippen molar-refractivity contribution in [2.75, 3.05) is 6.54 Å². The van der Waals surface area contributed by atoms with E-state index in [-0.39, 0.29) is 23.8 Å². The van der Waals surface area contributed by atoms with Crippen LogP contribution in [0, 0.1) is 0 Å². The van der Waals surface area contributed by atoms with Gasteiger partial charge in [0.1, 0.15) is 11.9 Å². The number of aromatic nitrogens is 2. The van der Waals surface area contributed by atoms with Crippen LogP contribution in [0.1, 0.15) is 54.1 Å². The average molecular weight is 439 g/mol. The van der Waals surface area contributed by atoms with Gasteiger partial charge in [0, 0.05) is 30.0 Å². The molecule has 3 rings (SSSR count). The predicted octanol–water partition coefficient (Wildman–Crippen LogP) is 4.01. The molecule has 0 aliphatic carbocycles. The van der Waals surface area contributed by atoms with Gasteiger partial charge in [-0.3, -0.25) is 9.59 Å². The van der Waals surface area contributed by atoms with Crippen molar-refractivity contribution in [3.8, 4) is 0 Å².